The molecule has 1 aromatic carbocycles. The number of likely N-dealkylation sites (tertiary alicyclic amines) is 1. The van der Waals surface area contributed by atoms with Gasteiger partial charge >= 0.3 is 0 Å². The van der Waals surface area contributed by atoms with Crippen molar-refractivity contribution in [2.75, 3.05) is 20.1 Å². The minimum absolute atomic E-state index is 0.0223. The maximum Gasteiger partial charge on any atom is 0.242 e. The smallest absolute Gasteiger partial charge is 0.242 e. The fourth-order valence-electron chi connectivity index (χ4n) is 3.55. The first kappa shape index (κ1) is 23.5. The number of carbonyl (C=O) groups is 2. The third-order valence-corrected chi connectivity index (χ3v) is 7.44. The van der Waals surface area contributed by atoms with Crippen LogP contribution in [0.1, 0.15) is 37.8 Å². The van der Waals surface area contributed by atoms with E-state index in [0.29, 0.717) is 30.8 Å². The van der Waals surface area contributed by atoms with Gasteiger partial charge in [-0.1, -0.05) is 29.8 Å². The number of halogens is 1. The van der Waals surface area contributed by atoms with E-state index in [1.807, 2.05) is 19.9 Å². The third kappa shape index (κ3) is 5.56. The Morgan fingerprint density at radius 3 is 2.77 bits per heavy atom. The molecule has 168 valence electrons. The number of fused-ring (bicyclic) bond motifs is 1. The molecule has 7 nitrogen and oxygen atoms in total. The second-order valence-corrected chi connectivity index (χ2v) is 10.3. The summed E-state index contributed by atoms with van der Waals surface area (Å²) < 4.78 is 28.5. The zero-order valence-electron chi connectivity index (χ0n) is 18.0. The maximum atomic E-state index is 13.0. The SMILES string of the molecule is CC(C)N(C)C(=O)CN1CCC[C@H](NS(=O)(=O)c2ccc3c(c2)C=CC(Cl)=CC3)C1=O. The van der Waals surface area contributed by atoms with E-state index in [1.165, 1.54) is 11.0 Å². The summed E-state index contributed by atoms with van der Waals surface area (Å²) in [5, 5.41) is 0.601. The Balaban J connectivity index is 1.73. The van der Waals surface area contributed by atoms with Gasteiger partial charge in [-0.05, 0) is 62.4 Å². The van der Waals surface area contributed by atoms with Crippen LogP contribution < -0.4 is 4.72 Å². The highest BCUT2D eigenvalue weighted by molar-refractivity contribution is 7.89. The predicted molar refractivity (Wildman–Crippen MR) is 121 cm³/mol. The van der Waals surface area contributed by atoms with E-state index >= 15 is 0 Å². The number of nitrogens with one attached hydrogen (secondary N) is 1. The van der Waals surface area contributed by atoms with Gasteiger partial charge in [0.2, 0.25) is 21.8 Å². The molecule has 1 N–H and O–H groups in total. The van der Waals surface area contributed by atoms with Crippen LogP contribution in [0.2, 0.25) is 0 Å². The number of nitrogens with zero attached hydrogens (tertiary/aromatic N) is 2. The molecule has 0 saturated carbocycles. The van der Waals surface area contributed by atoms with Crippen LogP contribution in [0.25, 0.3) is 6.08 Å². The number of benzene rings is 1. The number of carbonyl (C=O) groups excluding carboxylic acids is 2. The number of amides is 2. The quantitative estimate of drug-likeness (QED) is 0.699. The van der Waals surface area contributed by atoms with Crippen LogP contribution in [0.15, 0.2) is 40.3 Å². The summed E-state index contributed by atoms with van der Waals surface area (Å²) in [5.41, 5.74) is 1.74. The fraction of sp³-hybridized carbons (Fsp3) is 0.455. The van der Waals surface area contributed by atoms with E-state index in [2.05, 4.69) is 4.72 Å². The van der Waals surface area contributed by atoms with Gasteiger partial charge in [-0.3, -0.25) is 9.59 Å². The van der Waals surface area contributed by atoms with Gasteiger partial charge in [-0.25, -0.2) is 8.42 Å². The molecule has 1 atom stereocenters. The lowest BCUT2D eigenvalue weighted by Crippen LogP contribution is -2.54. The van der Waals surface area contributed by atoms with Crippen molar-refractivity contribution in [1.82, 2.24) is 14.5 Å². The molecule has 2 amide bonds. The van der Waals surface area contributed by atoms with Gasteiger partial charge in [0, 0.05) is 24.7 Å². The highest BCUT2D eigenvalue weighted by Crippen LogP contribution is 2.24. The lowest BCUT2D eigenvalue weighted by Gasteiger charge is -2.33. The Hall–Kier alpha value is -2.16. The first-order chi connectivity index (χ1) is 14.6. The Morgan fingerprint density at radius 1 is 1.32 bits per heavy atom. The van der Waals surface area contributed by atoms with Crippen molar-refractivity contribution >= 4 is 39.5 Å². The summed E-state index contributed by atoms with van der Waals surface area (Å²) in [6.45, 7) is 4.18. The van der Waals surface area contributed by atoms with E-state index in [9.17, 15) is 18.0 Å². The van der Waals surface area contributed by atoms with Crippen LogP contribution in [0.4, 0.5) is 0 Å². The summed E-state index contributed by atoms with van der Waals surface area (Å²) in [6, 6.07) is 4.02. The van der Waals surface area contributed by atoms with Crippen molar-refractivity contribution in [3.8, 4) is 0 Å². The average Bonchev–Trinajstić information content (AvgIpc) is 2.91. The normalized spacial score (nSPS) is 19.1. The molecule has 9 heteroatoms. The van der Waals surface area contributed by atoms with Crippen molar-refractivity contribution < 1.29 is 18.0 Å². The van der Waals surface area contributed by atoms with Crippen molar-refractivity contribution in [3.63, 3.8) is 0 Å². The van der Waals surface area contributed by atoms with Crippen molar-refractivity contribution in [2.24, 2.45) is 0 Å². The number of sulfonamides is 1. The standard InChI is InChI=1S/C22H28ClN3O4S/c1-15(2)25(3)21(27)14-26-12-4-5-20(22(26)28)24-31(29,30)19-11-8-16-6-9-18(23)10-7-17(16)13-19/h7-11,13,15,20,24H,4-6,12,14H2,1-3H3/t20-/m0/s1. The maximum absolute atomic E-state index is 13.0. The Morgan fingerprint density at radius 2 is 2.06 bits per heavy atom. The molecule has 1 saturated heterocycles. The number of likely N-dealkylation sites (N-methyl/N-ethyl adjacent to an activating group) is 1. The molecule has 0 aromatic heterocycles. The van der Waals surface area contributed by atoms with Crippen molar-refractivity contribution in [3.05, 3.63) is 46.5 Å². The molecular formula is C22H28ClN3O4S. The molecule has 3 rings (SSSR count). The molecule has 1 fully saturated rings. The molecule has 0 unspecified atom stereocenters. The van der Waals surface area contributed by atoms with E-state index in [-0.39, 0.29) is 29.3 Å². The summed E-state index contributed by atoms with van der Waals surface area (Å²) in [6.07, 6.45) is 7.00. The lowest BCUT2D eigenvalue weighted by atomic mass is 10.1. The van der Waals surface area contributed by atoms with Crippen LogP contribution in [-0.4, -0.2) is 62.3 Å². The number of piperidine rings is 1. The summed E-state index contributed by atoms with van der Waals surface area (Å²) in [4.78, 5) is 28.3. The molecule has 1 aliphatic carbocycles. The largest absolute Gasteiger partial charge is 0.342 e. The van der Waals surface area contributed by atoms with Gasteiger partial charge in [0.1, 0.15) is 6.04 Å². The van der Waals surface area contributed by atoms with Crippen molar-refractivity contribution in [1.29, 1.82) is 0 Å². The zero-order valence-corrected chi connectivity index (χ0v) is 19.5. The second kappa shape index (κ2) is 9.54. The van der Waals surface area contributed by atoms with Crippen LogP contribution in [0.3, 0.4) is 0 Å². The summed E-state index contributed by atoms with van der Waals surface area (Å²) >= 11 is 6.05. The van der Waals surface area contributed by atoms with E-state index in [0.717, 1.165) is 11.1 Å². The monoisotopic (exact) mass is 465 g/mol. The number of rotatable bonds is 6. The molecule has 0 spiro atoms. The zero-order chi connectivity index (χ0) is 22.8. The van der Waals surface area contributed by atoms with Crippen LogP contribution in [-0.2, 0) is 26.0 Å². The van der Waals surface area contributed by atoms with E-state index in [4.69, 9.17) is 11.6 Å². The first-order valence-corrected chi connectivity index (χ1v) is 12.2. The second-order valence-electron chi connectivity index (χ2n) is 8.16. The molecule has 1 aromatic rings. The number of hydrogen-bond donors (Lipinski definition) is 1. The minimum Gasteiger partial charge on any atom is -0.342 e. The molecular weight excluding hydrogens is 438 g/mol. The van der Waals surface area contributed by atoms with Gasteiger partial charge in [0.05, 0.1) is 11.4 Å². The number of hydrogen-bond acceptors (Lipinski definition) is 4. The van der Waals surface area contributed by atoms with E-state index in [1.54, 1.807) is 36.2 Å². The van der Waals surface area contributed by atoms with Gasteiger partial charge in [-0.2, -0.15) is 4.72 Å². The third-order valence-electron chi connectivity index (χ3n) is 5.69. The minimum atomic E-state index is -3.91. The van der Waals surface area contributed by atoms with Gasteiger partial charge in [0.25, 0.3) is 0 Å². The molecule has 0 bridgehead atoms. The summed E-state index contributed by atoms with van der Waals surface area (Å²) in [7, 11) is -2.22. The Labute approximate surface area is 188 Å². The average molecular weight is 466 g/mol. The van der Waals surface area contributed by atoms with Crippen LogP contribution in [0, 0.1) is 0 Å². The predicted octanol–water partition coefficient (Wildman–Crippen LogP) is 2.51. The van der Waals surface area contributed by atoms with E-state index < -0.39 is 16.1 Å². The topological polar surface area (TPSA) is 86.8 Å². The molecule has 0 radical (unpaired) electrons. The highest BCUT2D eigenvalue weighted by Gasteiger charge is 2.34. The summed E-state index contributed by atoms with van der Waals surface area (Å²) in [5.74, 6) is -0.539. The Kier molecular flexibility index (Phi) is 7.24. The van der Waals surface area contributed by atoms with Gasteiger partial charge < -0.3 is 9.80 Å². The molecule has 1 heterocycles. The first-order valence-electron chi connectivity index (χ1n) is 10.3. The van der Waals surface area contributed by atoms with Gasteiger partial charge in [-0.15, -0.1) is 0 Å². The van der Waals surface area contributed by atoms with Gasteiger partial charge in [0.15, 0.2) is 0 Å². The molecule has 31 heavy (non-hydrogen) atoms. The molecule has 1 aliphatic heterocycles. The van der Waals surface area contributed by atoms with Crippen LogP contribution in [0.5, 0.6) is 0 Å². The lowest BCUT2D eigenvalue weighted by molar-refractivity contribution is -0.143. The fourth-order valence-corrected chi connectivity index (χ4v) is 4.95. The highest BCUT2D eigenvalue weighted by atomic mass is 35.5. The molecule has 2 aliphatic rings. The Bertz CT molecular complexity index is 1030. The van der Waals surface area contributed by atoms with Crippen molar-refractivity contribution in [2.45, 2.75) is 50.1 Å². The van der Waals surface area contributed by atoms with Crippen LogP contribution >= 0.6 is 11.6 Å². The number of allylic oxidation sites excluding steroid dienone is 3.